The van der Waals surface area contributed by atoms with E-state index < -0.39 is 0 Å². The summed E-state index contributed by atoms with van der Waals surface area (Å²) in [5.74, 6) is 1.30. The average molecular weight is 234 g/mol. The molecule has 0 saturated carbocycles. The van der Waals surface area contributed by atoms with Crippen LogP contribution in [0, 0.1) is 12.8 Å². The first kappa shape index (κ1) is 11.8. The maximum atomic E-state index is 11.4. The Morgan fingerprint density at radius 1 is 1.57 bits per heavy atom. The highest BCUT2D eigenvalue weighted by Crippen LogP contribution is 2.10. The molecule has 1 aromatic heterocycles. The zero-order chi connectivity index (χ0) is 10.6. The minimum absolute atomic E-state index is 0.153. The van der Waals surface area contributed by atoms with E-state index in [9.17, 15) is 4.79 Å². The van der Waals surface area contributed by atoms with Crippen molar-refractivity contribution in [3.05, 3.63) is 20.7 Å². The molecular weight excluding hydrogens is 218 g/mol. The van der Waals surface area contributed by atoms with Crippen molar-refractivity contribution in [1.82, 2.24) is 4.57 Å². The Bertz CT molecular complexity index is 331. The molecule has 0 aliphatic rings. The van der Waals surface area contributed by atoms with E-state index in [-0.39, 0.29) is 4.87 Å². The lowest BCUT2D eigenvalue weighted by molar-refractivity contribution is 0.464. The van der Waals surface area contributed by atoms with Crippen molar-refractivity contribution < 1.29 is 0 Å². The summed E-state index contributed by atoms with van der Waals surface area (Å²) < 4.78 is 1.84. The zero-order valence-electron chi connectivity index (χ0n) is 8.62. The monoisotopic (exact) mass is 233 g/mol. The minimum atomic E-state index is 0.153. The molecule has 4 heteroatoms. The molecule has 1 heterocycles. The standard InChI is InChI=1S/C10H16ClNOS/c1-8(3-5-11)4-6-12-9(2)7-14-10(12)13/h7-8H,3-6H2,1-2H3. The van der Waals surface area contributed by atoms with Gasteiger partial charge in [-0.05, 0) is 25.7 Å². The largest absolute Gasteiger partial charge is 0.307 e. The lowest BCUT2D eigenvalue weighted by Gasteiger charge is -2.10. The fourth-order valence-electron chi connectivity index (χ4n) is 1.35. The van der Waals surface area contributed by atoms with E-state index >= 15 is 0 Å². The van der Waals surface area contributed by atoms with Crippen LogP contribution in [0.25, 0.3) is 0 Å². The van der Waals surface area contributed by atoms with Gasteiger partial charge >= 0.3 is 4.87 Å². The van der Waals surface area contributed by atoms with Crippen molar-refractivity contribution in [2.24, 2.45) is 5.92 Å². The topological polar surface area (TPSA) is 22.0 Å². The van der Waals surface area contributed by atoms with Gasteiger partial charge < -0.3 is 4.57 Å². The second kappa shape index (κ2) is 5.56. The van der Waals surface area contributed by atoms with Gasteiger partial charge in [-0.3, -0.25) is 4.79 Å². The van der Waals surface area contributed by atoms with Gasteiger partial charge in [0.1, 0.15) is 0 Å². The van der Waals surface area contributed by atoms with E-state index in [1.807, 2.05) is 16.9 Å². The number of hydrogen-bond donors (Lipinski definition) is 0. The van der Waals surface area contributed by atoms with Crippen LogP contribution in [0.1, 0.15) is 25.5 Å². The van der Waals surface area contributed by atoms with Crippen LogP contribution in [-0.4, -0.2) is 10.4 Å². The minimum Gasteiger partial charge on any atom is -0.303 e. The van der Waals surface area contributed by atoms with Gasteiger partial charge in [0.05, 0.1) is 0 Å². The van der Waals surface area contributed by atoms with Crippen molar-refractivity contribution >= 4 is 22.9 Å². The van der Waals surface area contributed by atoms with Crippen molar-refractivity contribution in [2.45, 2.75) is 33.2 Å². The number of aromatic nitrogens is 1. The predicted molar refractivity (Wildman–Crippen MR) is 62.4 cm³/mol. The maximum Gasteiger partial charge on any atom is 0.307 e. The summed E-state index contributed by atoms with van der Waals surface area (Å²) in [6.07, 6.45) is 2.06. The molecule has 1 unspecified atom stereocenters. The average Bonchev–Trinajstić information content (AvgIpc) is 2.44. The zero-order valence-corrected chi connectivity index (χ0v) is 10.2. The molecule has 0 saturated heterocycles. The number of hydrogen-bond acceptors (Lipinski definition) is 2. The number of rotatable bonds is 5. The SMILES string of the molecule is Cc1csc(=O)n1CCC(C)CCCl. The summed E-state index contributed by atoms with van der Waals surface area (Å²) in [6.45, 7) is 4.98. The van der Waals surface area contributed by atoms with Gasteiger partial charge in [0.2, 0.25) is 0 Å². The molecule has 0 aliphatic heterocycles. The normalized spacial score (nSPS) is 13.1. The number of nitrogens with zero attached hydrogens (tertiary/aromatic N) is 1. The van der Waals surface area contributed by atoms with E-state index in [0.29, 0.717) is 11.8 Å². The molecule has 0 aliphatic carbocycles. The van der Waals surface area contributed by atoms with Gasteiger partial charge in [-0.1, -0.05) is 18.3 Å². The third-order valence-corrected chi connectivity index (χ3v) is 3.52. The number of alkyl halides is 1. The van der Waals surface area contributed by atoms with E-state index in [1.54, 1.807) is 0 Å². The molecule has 0 spiro atoms. The van der Waals surface area contributed by atoms with Crippen molar-refractivity contribution in [3.8, 4) is 0 Å². The second-order valence-electron chi connectivity index (χ2n) is 3.67. The molecule has 0 bridgehead atoms. The Balaban J connectivity index is 2.49. The summed E-state index contributed by atoms with van der Waals surface area (Å²) in [5.41, 5.74) is 1.07. The highest BCUT2D eigenvalue weighted by atomic mass is 35.5. The molecule has 80 valence electrons. The molecule has 1 rings (SSSR count). The van der Waals surface area contributed by atoms with Crippen LogP contribution < -0.4 is 4.87 Å². The van der Waals surface area contributed by atoms with Crippen molar-refractivity contribution in [3.63, 3.8) is 0 Å². The van der Waals surface area contributed by atoms with Gasteiger partial charge in [0, 0.05) is 23.5 Å². The smallest absolute Gasteiger partial charge is 0.303 e. The van der Waals surface area contributed by atoms with Crippen LogP contribution in [0.15, 0.2) is 10.2 Å². The van der Waals surface area contributed by atoms with Gasteiger partial charge in [-0.25, -0.2) is 0 Å². The van der Waals surface area contributed by atoms with E-state index in [4.69, 9.17) is 11.6 Å². The molecule has 2 nitrogen and oxygen atoms in total. The van der Waals surface area contributed by atoms with Gasteiger partial charge in [0.25, 0.3) is 0 Å². The molecule has 0 radical (unpaired) electrons. The molecule has 14 heavy (non-hydrogen) atoms. The molecule has 1 aromatic rings. The summed E-state index contributed by atoms with van der Waals surface area (Å²) in [6, 6.07) is 0. The van der Waals surface area contributed by atoms with E-state index in [2.05, 4.69) is 6.92 Å². The van der Waals surface area contributed by atoms with Gasteiger partial charge in [-0.15, -0.1) is 11.6 Å². The molecule has 0 N–H and O–H groups in total. The van der Waals surface area contributed by atoms with Crippen LogP contribution in [0.5, 0.6) is 0 Å². The van der Waals surface area contributed by atoms with E-state index in [0.717, 1.165) is 25.1 Å². The fourth-order valence-corrected chi connectivity index (χ4v) is 2.49. The number of aryl methyl sites for hydroxylation is 1. The quantitative estimate of drug-likeness (QED) is 0.717. The predicted octanol–water partition coefficient (Wildman–Crippen LogP) is 2.87. The first-order chi connectivity index (χ1) is 6.65. The Labute approximate surface area is 93.5 Å². The lowest BCUT2D eigenvalue weighted by atomic mass is 10.1. The molecule has 0 fully saturated rings. The van der Waals surface area contributed by atoms with Crippen LogP contribution >= 0.6 is 22.9 Å². The first-order valence-electron chi connectivity index (χ1n) is 4.86. The fraction of sp³-hybridized carbons (Fsp3) is 0.700. The summed E-state index contributed by atoms with van der Waals surface area (Å²) in [4.78, 5) is 11.5. The van der Waals surface area contributed by atoms with Gasteiger partial charge in [0.15, 0.2) is 0 Å². The van der Waals surface area contributed by atoms with Crippen LogP contribution in [0.3, 0.4) is 0 Å². The Morgan fingerprint density at radius 2 is 2.29 bits per heavy atom. The maximum absolute atomic E-state index is 11.4. The molecule has 0 amide bonds. The van der Waals surface area contributed by atoms with Crippen LogP contribution in [0.4, 0.5) is 0 Å². The second-order valence-corrected chi connectivity index (χ2v) is 4.86. The number of halogens is 1. The molecule has 1 atom stereocenters. The third kappa shape index (κ3) is 3.14. The Hall–Kier alpha value is -0.280. The summed E-state index contributed by atoms with van der Waals surface area (Å²) >= 11 is 6.93. The van der Waals surface area contributed by atoms with Crippen molar-refractivity contribution in [1.29, 1.82) is 0 Å². The third-order valence-electron chi connectivity index (χ3n) is 2.42. The lowest BCUT2D eigenvalue weighted by Crippen LogP contribution is -2.16. The highest BCUT2D eigenvalue weighted by molar-refractivity contribution is 7.07. The van der Waals surface area contributed by atoms with E-state index in [1.165, 1.54) is 11.3 Å². The highest BCUT2D eigenvalue weighted by Gasteiger charge is 2.05. The summed E-state index contributed by atoms with van der Waals surface area (Å²) in [5, 5.41) is 1.91. The molecule has 0 aromatic carbocycles. The van der Waals surface area contributed by atoms with Gasteiger partial charge in [-0.2, -0.15) is 0 Å². The Kier molecular flexibility index (Phi) is 4.69. The van der Waals surface area contributed by atoms with Crippen LogP contribution in [0.2, 0.25) is 0 Å². The number of thiazole rings is 1. The van der Waals surface area contributed by atoms with Crippen molar-refractivity contribution in [2.75, 3.05) is 5.88 Å². The Morgan fingerprint density at radius 3 is 2.79 bits per heavy atom. The summed E-state index contributed by atoms with van der Waals surface area (Å²) in [7, 11) is 0. The first-order valence-corrected chi connectivity index (χ1v) is 6.27. The molecular formula is C10H16ClNOS. The van der Waals surface area contributed by atoms with Crippen LogP contribution in [-0.2, 0) is 6.54 Å².